The summed E-state index contributed by atoms with van der Waals surface area (Å²) < 4.78 is 5.04. The van der Waals surface area contributed by atoms with Crippen LogP contribution in [0.2, 0.25) is 0 Å². The Labute approximate surface area is 141 Å². The van der Waals surface area contributed by atoms with E-state index < -0.39 is 48.3 Å². The van der Waals surface area contributed by atoms with Crippen LogP contribution in [0.25, 0.3) is 0 Å². The number of amides is 1. The second-order valence-corrected chi connectivity index (χ2v) is 6.38. The molecule has 1 amide bonds. The van der Waals surface area contributed by atoms with Gasteiger partial charge in [-0.2, -0.15) is 0 Å². The van der Waals surface area contributed by atoms with Crippen LogP contribution in [0.5, 0.6) is 0 Å². The van der Waals surface area contributed by atoms with Gasteiger partial charge in [-0.25, -0.2) is 0 Å². The van der Waals surface area contributed by atoms with Crippen molar-refractivity contribution in [3.05, 3.63) is 0 Å². The molecule has 24 heavy (non-hydrogen) atoms. The third-order valence-electron chi connectivity index (χ3n) is 4.38. The monoisotopic (exact) mass is 347 g/mol. The molecule has 1 heterocycles. The zero-order valence-corrected chi connectivity index (χ0v) is 14.0. The number of ketones is 1. The van der Waals surface area contributed by atoms with Crippen LogP contribution in [0.4, 0.5) is 0 Å². The molecule has 1 fully saturated rings. The van der Waals surface area contributed by atoms with Gasteiger partial charge in [0.2, 0.25) is 5.91 Å². The lowest BCUT2D eigenvalue weighted by atomic mass is 9.85. The predicted molar refractivity (Wildman–Crippen MR) is 84.6 cm³/mol. The van der Waals surface area contributed by atoms with Gasteiger partial charge in [0.05, 0.1) is 6.10 Å². The molecular weight excluding hydrogens is 318 g/mol. The fourth-order valence-electron chi connectivity index (χ4n) is 2.90. The van der Waals surface area contributed by atoms with E-state index in [4.69, 9.17) is 10.5 Å². The van der Waals surface area contributed by atoms with Gasteiger partial charge in [-0.1, -0.05) is 39.0 Å². The first-order valence-electron chi connectivity index (χ1n) is 8.49. The predicted octanol–water partition coefficient (Wildman–Crippen LogP) is -0.792. The second-order valence-electron chi connectivity index (χ2n) is 6.38. The standard InChI is InChI=1S/C16H29NO7/c1-2-3-4-5-6-7-10(18)13(21)15-14(22)12(20)9(8-11(17)19)16(23)24-15/h9-10,12,14-16,18,20,22-23H,2-8H2,1H3,(H2,17,19)/t9-,10?,12+,14-,15+,16-/m0/s1. The number of primary amides is 1. The maximum absolute atomic E-state index is 12.2. The molecule has 0 aromatic rings. The molecule has 0 aliphatic carbocycles. The molecule has 8 heteroatoms. The van der Waals surface area contributed by atoms with Crippen LogP contribution in [0.1, 0.15) is 51.9 Å². The van der Waals surface area contributed by atoms with Gasteiger partial charge in [0.25, 0.3) is 0 Å². The zero-order valence-electron chi connectivity index (χ0n) is 14.0. The Hall–Kier alpha value is -1.06. The Kier molecular flexibility index (Phi) is 8.79. The molecule has 1 unspecified atom stereocenters. The molecule has 6 atom stereocenters. The van der Waals surface area contributed by atoms with E-state index in [1.165, 1.54) is 0 Å². The lowest BCUT2D eigenvalue weighted by molar-refractivity contribution is -0.259. The van der Waals surface area contributed by atoms with E-state index in [2.05, 4.69) is 6.92 Å². The van der Waals surface area contributed by atoms with Gasteiger partial charge in [0.15, 0.2) is 12.1 Å². The normalized spacial score (nSPS) is 31.6. The summed E-state index contributed by atoms with van der Waals surface area (Å²) in [7, 11) is 0. The van der Waals surface area contributed by atoms with Crippen LogP contribution < -0.4 is 5.73 Å². The Balaban J connectivity index is 2.56. The average Bonchev–Trinajstić information content (AvgIpc) is 2.53. The number of unbranched alkanes of at least 4 members (excludes halogenated alkanes) is 4. The van der Waals surface area contributed by atoms with Crippen molar-refractivity contribution in [3.63, 3.8) is 0 Å². The molecule has 1 rings (SSSR count). The number of hydrogen-bond donors (Lipinski definition) is 5. The third-order valence-corrected chi connectivity index (χ3v) is 4.38. The highest BCUT2D eigenvalue weighted by Crippen LogP contribution is 2.28. The average molecular weight is 347 g/mol. The van der Waals surface area contributed by atoms with E-state index >= 15 is 0 Å². The summed E-state index contributed by atoms with van der Waals surface area (Å²) in [4.78, 5) is 23.1. The van der Waals surface area contributed by atoms with Crippen molar-refractivity contribution in [1.82, 2.24) is 0 Å². The minimum atomic E-state index is -1.64. The maximum Gasteiger partial charge on any atom is 0.217 e. The van der Waals surface area contributed by atoms with Gasteiger partial charge in [-0.15, -0.1) is 0 Å². The minimum absolute atomic E-state index is 0.228. The Bertz CT molecular complexity index is 417. The van der Waals surface area contributed by atoms with Crippen molar-refractivity contribution in [1.29, 1.82) is 0 Å². The van der Waals surface area contributed by atoms with E-state index in [-0.39, 0.29) is 12.8 Å². The van der Waals surface area contributed by atoms with E-state index in [0.717, 1.165) is 25.7 Å². The first-order chi connectivity index (χ1) is 11.3. The van der Waals surface area contributed by atoms with Crippen LogP contribution in [0, 0.1) is 5.92 Å². The molecule has 1 aliphatic heterocycles. The molecule has 8 nitrogen and oxygen atoms in total. The number of nitrogens with two attached hydrogens (primary N) is 1. The van der Waals surface area contributed by atoms with E-state index in [1.54, 1.807) is 0 Å². The summed E-state index contributed by atoms with van der Waals surface area (Å²) in [6.07, 6.45) is -3.10. The maximum atomic E-state index is 12.2. The van der Waals surface area contributed by atoms with Crippen LogP contribution in [-0.2, 0) is 14.3 Å². The quantitative estimate of drug-likeness (QED) is 0.325. The first kappa shape index (κ1) is 21.0. The Morgan fingerprint density at radius 1 is 1.08 bits per heavy atom. The summed E-state index contributed by atoms with van der Waals surface area (Å²) in [5.41, 5.74) is 5.02. The topological polar surface area (TPSA) is 150 Å². The van der Waals surface area contributed by atoms with Crippen LogP contribution in [-0.4, -0.2) is 62.8 Å². The van der Waals surface area contributed by atoms with Crippen LogP contribution in [0.15, 0.2) is 0 Å². The lowest BCUT2D eigenvalue weighted by Crippen LogP contribution is -2.59. The van der Waals surface area contributed by atoms with E-state index in [0.29, 0.717) is 6.42 Å². The summed E-state index contributed by atoms with van der Waals surface area (Å²) >= 11 is 0. The van der Waals surface area contributed by atoms with Crippen molar-refractivity contribution in [2.24, 2.45) is 11.7 Å². The second kappa shape index (κ2) is 10.0. The fourth-order valence-corrected chi connectivity index (χ4v) is 2.90. The van der Waals surface area contributed by atoms with Crippen molar-refractivity contribution in [2.75, 3.05) is 0 Å². The highest BCUT2D eigenvalue weighted by atomic mass is 16.6. The number of rotatable bonds is 10. The molecule has 0 radical (unpaired) electrons. The molecule has 0 spiro atoms. The molecule has 1 aliphatic rings. The highest BCUT2D eigenvalue weighted by molar-refractivity contribution is 5.88. The number of aliphatic hydroxyl groups excluding tert-OH is 4. The number of ether oxygens (including phenoxy) is 1. The molecular formula is C16H29NO7. The third kappa shape index (κ3) is 5.78. The molecule has 140 valence electrons. The first-order valence-corrected chi connectivity index (χ1v) is 8.49. The molecule has 0 saturated carbocycles. The van der Waals surface area contributed by atoms with Crippen molar-refractivity contribution in [2.45, 2.75) is 82.6 Å². The smallest absolute Gasteiger partial charge is 0.217 e. The molecule has 0 aromatic carbocycles. The number of aliphatic hydroxyl groups is 4. The largest absolute Gasteiger partial charge is 0.390 e. The van der Waals surface area contributed by atoms with Crippen molar-refractivity contribution >= 4 is 11.7 Å². The fraction of sp³-hybridized carbons (Fsp3) is 0.875. The van der Waals surface area contributed by atoms with Gasteiger partial charge in [0.1, 0.15) is 18.3 Å². The summed E-state index contributed by atoms with van der Waals surface area (Å²) in [5.74, 6) is -2.67. The molecule has 0 aromatic heterocycles. The van der Waals surface area contributed by atoms with Crippen molar-refractivity contribution in [3.8, 4) is 0 Å². The number of hydrogen-bond acceptors (Lipinski definition) is 7. The van der Waals surface area contributed by atoms with Gasteiger partial charge in [0, 0.05) is 12.3 Å². The van der Waals surface area contributed by atoms with E-state index in [1.807, 2.05) is 0 Å². The Morgan fingerprint density at radius 2 is 1.71 bits per heavy atom. The highest BCUT2D eigenvalue weighted by Gasteiger charge is 2.48. The van der Waals surface area contributed by atoms with Gasteiger partial charge < -0.3 is 30.9 Å². The van der Waals surface area contributed by atoms with Crippen LogP contribution >= 0.6 is 0 Å². The summed E-state index contributed by atoms with van der Waals surface area (Å²) in [5, 5.41) is 39.8. The van der Waals surface area contributed by atoms with Crippen LogP contribution in [0.3, 0.4) is 0 Å². The number of carbonyl (C=O) groups is 2. The molecule has 1 saturated heterocycles. The molecule has 0 bridgehead atoms. The van der Waals surface area contributed by atoms with Gasteiger partial charge in [-0.3, -0.25) is 9.59 Å². The molecule has 6 N–H and O–H groups in total. The zero-order chi connectivity index (χ0) is 18.3. The lowest BCUT2D eigenvalue weighted by Gasteiger charge is -2.40. The number of carbonyl (C=O) groups excluding carboxylic acids is 2. The summed E-state index contributed by atoms with van der Waals surface area (Å²) in [6, 6.07) is 0. The van der Waals surface area contributed by atoms with Gasteiger partial charge >= 0.3 is 0 Å². The number of Topliss-reactive ketones (excluding diaryl/α,β-unsaturated/α-hetero) is 1. The summed E-state index contributed by atoms with van der Waals surface area (Å²) in [6.45, 7) is 2.09. The van der Waals surface area contributed by atoms with Crippen molar-refractivity contribution < 1.29 is 34.8 Å². The Morgan fingerprint density at radius 3 is 2.29 bits per heavy atom. The minimum Gasteiger partial charge on any atom is -0.390 e. The SMILES string of the molecule is CCCCCCCC(O)C(=O)[C@H]1O[C@H](O)[C@@H](CC(N)=O)[C@@H](O)[C@@H]1O. The van der Waals surface area contributed by atoms with E-state index in [9.17, 15) is 30.0 Å². The van der Waals surface area contributed by atoms with Gasteiger partial charge in [-0.05, 0) is 6.42 Å².